The van der Waals surface area contributed by atoms with E-state index in [0.717, 1.165) is 12.8 Å². The summed E-state index contributed by atoms with van der Waals surface area (Å²) in [6.45, 7) is 5.88. The number of alkyl halides is 1. The minimum atomic E-state index is 0.398. The zero-order chi connectivity index (χ0) is 8.53. The maximum Gasteiger partial charge on any atom is 0.0336 e. The summed E-state index contributed by atoms with van der Waals surface area (Å²) in [5, 5.41) is 0.398. The SMILES string of the molecule is C=CCCCC(Cl)CCCC. The minimum Gasteiger partial charge on any atom is -0.123 e. The highest BCUT2D eigenvalue weighted by atomic mass is 35.5. The molecule has 1 unspecified atom stereocenters. The van der Waals surface area contributed by atoms with Crippen LogP contribution in [0.15, 0.2) is 12.7 Å². The summed E-state index contributed by atoms with van der Waals surface area (Å²) >= 11 is 6.06. The minimum absolute atomic E-state index is 0.398. The maximum atomic E-state index is 6.06. The van der Waals surface area contributed by atoms with Crippen LogP contribution in [-0.2, 0) is 0 Å². The molecule has 0 saturated heterocycles. The molecule has 0 bridgehead atoms. The van der Waals surface area contributed by atoms with Crippen LogP contribution in [0.4, 0.5) is 0 Å². The number of halogens is 1. The number of allylic oxidation sites excluding steroid dienone is 1. The van der Waals surface area contributed by atoms with Crippen LogP contribution in [0.5, 0.6) is 0 Å². The molecule has 0 aliphatic carbocycles. The van der Waals surface area contributed by atoms with E-state index < -0.39 is 0 Å². The molecule has 0 aromatic heterocycles. The van der Waals surface area contributed by atoms with Crippen molar-refractivity contribution in [2.24, 2.45) is 0 Å². The average Bonchev–Trinajstić information content (AvgIpc) is 2.01. The highest BCUT2D eigenvalue weighted by molar-refractivity contribution is 6.20. The average molecular weight is 175 g/mol. The van der Waals surface area contributed by atoms with Gasteiger partial charge in [-0.2, -0.15) is 0 Å². The van der Waals surface area contributed by atoms with Gasteiger partial charge in [0, 0.05) is 5.38 Å². The van der Waals surface area contributed by atoms with Crippen molar-refractivity contribution in [2.45, 2.75) is 50.8 Å². The largest absolute Gasteiger partial charge is 0.123 e. The predicted octanol–water partition coefficient (Wildman–Crippen LogP) is 4.14. The standard InChI is InChI=1S/C10H19Cl/c1-3-5-7-9-10(11)8-6-4-2/h3,10H,1,4-9H2,2H3. The summed E-state index contributed by atoms with van der Waals surface area (Å²) < 4.78 is 0. The zero-order valence-corrected chi connectivity index (χ0v) is 8.24. The van der Waals surface area contributed by atoms with Crippen LogP contribution in [0.3, 0.4) is 0 Å². The first kappa shape index (κ1) is 11.0. The fraction of sp³-hybridized carbons (Fsp3) is 0.800. The Bertz CT molecular complexity index is 88.9. The van der Waals surface area contributed by atoms with Crippen molar-refractivity contribution in [3.05, 3.63) is 12.7 Å². The molecule has 1 atom stereocenters. The lowest BCUT2D eigenvalue weighted by Gasteiger charge is -2.06. The zero-order valence-electron chi connectivity index (χ0n) is 7.48. The molecule has 0 aliphatic heterocycles. The smallest absolute Gasteiger partial charge is 0.0336 e. The summed E-state index contributed by atoms with van der Waals surface area (Å²) in [5.41, 5.74) is 0. The molecular weight excluding hydrogens is 156 g/mol. The van der Waals surface area contributed by atoms with Gasteiger partial charge in [-0.15, -0.1) is 18.2 Å². The number of hydrogen-bond donors (Lipinski definition) is 0. The number of unbranched alkanes of at least 4 members (excludes halogenated alkanes) is 2. The van der Waals surface area contributed by atoms with Crippen molar-refractivity contribution < 1.29 is 0 Å². The van der Waals surface area contributed by atoms with Gasteiger partial charge in [-0.3, -0.25) is 0 Å². The number of rotatable bonds is 7. The first-order valence-electron chi connectivity index (χ1n) is 4.56. The van der Waals surface area contributed by atoms with E-state index in [1.165, 1.54) is 25.7 Å². The molecule has 0 heterocycles. The molecule has 0 amide bonds. The molecule has 0 aromatic carbocycles. The molecule has 0 spiro atoms. The molecule has 0 nitrogen and oxygen atoms in total. The third-order valence-electron chi connectivity index (χ3n) is 1.80. The first-order chi connectivity index (χ1) is 5.31. The van der Waals surface area contributed by atoms with E-state index in [-0.39, 0.29) is 0 Å². The predicted molar refractivity (Wildman–Crippen MR) is 53.2 cm³/mol. The third-order valence-corrected chi connectivity index (χ3v) is 2.23. The van der Waals surface area contributed by atoms with E-state index in [0.29, 0.717) is 5.38 Å². The summed E-state index contributed by atoms with van der Waals surface area (Å²) in [5.74, 6) is 0. The molecule has 1 heteroatoms. The molecule has 0 radical (unpaired) electrons. The van der Waals surface area contributed by atoms with Crippen molar-refractivity contribution in [1.29, 1.82) is 0 Å². The van der Waals surface area contributed by atoms with Gasteiger partial charge in [0.1, 0.15) is 0 Å². The first-order valence-corrected chi connectivity index (χ1v) is 4.99. The van der Waals surface area contributed by atoms with Crippen LogP contribution in [-0.4, -0.2) is 5.38 Å². The second kappa shape index (κ2) is 8.13. The second-order valence-corrected chi connectivity index (χ2v) is 3.58. The Hall–Kier alpha value is 0.0300. The number of hydrogen-bond acceptors (Lipinski definition) is 0. The Balaban J connectivity index is 3.08. The van der Waals surface area contributed by atoms with Gasteiger partial charge in [0.05, 0.1) is 0 Å². The molecule has 11 heavy (non-hydrogen) atoms. The van der Waals surface area contributed by atoms with Gasteiger partial charge in [0.25, 0.3) is 0 Å². The summed E-state index contributed by atoms with van der Waals surface area (Å²) in [6.07, 6.45) is 9.11. The lowest BCUT2D eigenvalue weighted by atomic mass is 10.1. The van der Waals surface area contributed by atoms with Crippen LogP contribution in [0.1, 0.15) is 45.4 Å². The third kappa shape index (κ3) is 7.93. The van der Waals surface area contributed by atoms with Crippen molar-refractivity contribution in [1.82, 2.24) is 0 Å². The van der Waals surface area contributed by atoms with Gasteiger partial charge in [-0.05, 0) is 25.7 Å². The molecule has 66 valence electrons. The van der Waals surface area contributed by atoms with Crippen molar-refractivity contribution in [3.63, 3.8) is 0 Å². The van der Waals surface area contributed by atoms with Crippen LogP contribution in [0.25, 0.3) is 0 Å². The molecule has 0 fully saturated rings. The van der Waals surface area contributed by atoms with E-state index in [1.54, 1.807) is 0 Å². The van der Waals surface area contributed by atoms with Crippen LogP contribution < -0.4 is 0 Å². The lowest BCUT2D eigenvalue weighted by Crippen LogP contribution is -1.97. The summed E-state index contributed by atoms with van der Waals surface area (Å²) in [7, 11) is 0. The molecular formula is C10H19Cl. The quantitative estimate of drug-likeness (QED) is 0.309. The highest BCUT2D eigenvalue weighted by Gasteiger charge is 2.01. The van der Waals surface area contributed by atoms with Crippen LogP contribution >= 0.6 is 11.6 Å². The molecule has 0 aromatic rings. The monoisotopic (exact) mass is 174 g/mol. The van der Waals surface area contributed by atoms with E-state index in [9.17, 15) is 0 Å². The molecule has 0 saturated carbocycles. The lowest BCUT2D eigenvalue weighted by molar-refractivity contribution is 0.619. The van der Waals surface area contributed by atoms with Gasteiger partial charge in [-0.25, -0.2) is 0 Å². The van der Waals surface area contributed by atoms with Crippen LogP contribution in [0.2, 0.25) is 0 Å². The second-order valence-electron chi connectivity index (χ2n) is 2.96. The van der Waals surface area contributed by atoms with Gasteiger partial charge >= 0.3 is 0 Å². The summed E-state index contributed by atoms with van der Waals surface area (Å²) in [4.78, 5) is 0. The Morgan fingerprint density at radius 2 is 2.00 bits per heavy atom. The Morgan fingerprint density at radius 1 is 1.36 bits per heavy atom. The van der Waals surface area contributed by atoms with E-state index >= 15 is 0 Å². The molecule has 0 N–H and O–H groups in total. The fourth-order valence-electron chi connectivity index (χ4n) is 1.05. The van der Waals surface area contributed by atoms with Gasteiger partial charge < -0.3 is 0 Å². The molecule has 0 aliphatic rings. The fourth-order valence-corrected chi connectivity index (χ4v) is 1.36. The molecule has 0 rings (SSSR count). The van der Waals surface area contributed by atoms with E-state index in [4.69, 9.17) is 11.6 Å². The Labute approximate surface area is 75.6 Å². The van der Waals surface area contributed by atoms with Crippen molar-refractivity contribution in [2.75, 3.05) is 0 Å². The topological polar surface area (TPSA) is 0 Å². The normalized spacial score (nSPS) is 12.9. The van der Waals surface area contributed by atoms with Crippen molar-refractivity contribution >= 4 is 11.6 Å². The van der Waals surface area contributed by atoms with Gasteiger partial charge in [-0.1, -0.05) is 25.8 Å². The Morgan fingerprint density at radius 3 is 2.55 bits per heavy atom. The summed E-state index contributed by atoms with van der Waals surface area (Å²) in [6, 6.07) is 0. The Kier molecular flexibility index (Phi) is 8.15. The van der Waals surface area contributed by atoms with Crippen LogP contribution in [0, 0.1) is 0 Å². The maximum absolute atomic E-state index is 6.06. The van der Waals surface area contributed by atoms with E-state index in [1.807, 2.05) is 6.08 Å². The van der Waals surface area contributed by atoms with Gasteiger partial charge in [0.2, 0.25) is 0 Å². The highest BCUT2D eigenvalue weighted by Crippen LogP contribution is 2.14. The van der Waals surface area contributed by atoms with Gasteiger partial charge in [0.15, 0.2) is 0 Å². The van der Waals surface area contributed by atoms with E-state index in [2.05, 4.69) is 13.5 Å². The van der Waals surface area contributed by atoms with Crippen molar-refractivity contribution in [3.8, 4) is 0 Å².